The number of hydrogen-bond donors (Lipinski definition) is 7. The number of phenols is 2. The molecular formula is C20H14ClF2N5O11S3. The van der Waals surface area contributed by atoms with Gasteiger partial charge < -0.3 is 20.8 Å². The summed E-state index contributed by atoms with van der Waals surface area (Å²) in [4.78, 5) is 2.16. The van der Waals surface area contributed by atoms with Gasteiger partial charge in [-0.1, -0.05) is 21.7 Å². The first-order chi connectivity index (χ1) is 19.9. The number of azo groups is 1. The lowest BCUT2D eigenvalue weighted by Crippen LogP contribution is -2.31. The molecular weight excluding hydrogens is 656 g/mol. The zero-order valence-electron chi connectivity index (χ0n) is 19.9. The quantitative estimate of drug-likeness (QED) is 0.0318. The third-order valence-corrected chi connectivity index (χ3v) is 7.54. The number of fused-ring (bicyclic) bond motifs is 1. The molecule has 1 unspecified atom stereocenters. The topological polar surface area (TPSA) is 233 Å². The number of halogens is 3. The molecule has 224 valence electrons. The van der Waals surface area contributed by atoms with E-state index in [-0.39, 0.29) is 37.8 Å². The fourth-order valence-corrected chi connectivity index (χ4v) is 5.36. The molecule has 0 amide bonds. The molecule has 1 atom stereocenters. The van der Waals surface area contributed by atoms with Crippen LogP contribution in [-0.2, 0) is 28.9 Å². The van der Waals surface area contributed by atoms with Gasteiger partial charge in [0, 0.05) is 27.4 Å². The van der Waals surface area contributed by atoms with Gasteiger partial charge in [-0.3, -0.25) is 4.55 Å². The molecule has 0 spiro atoms. The number of phenolic OH excluding ortho intramolecular Hbond substituents is 2. The summed E-state index contributed by atoms with van der Waals surface area (Å²) in [6.45, 7) is 0. The van der Waals surface area contributed by atoms with Gasteiger partial charge in [-0.2, -0.15) is 17.8 Å². The van der Waals surface area contributed by atoms with Crippen molar-refractivity contribution in [2.24, 2.45) is 15.2 Å². The van der Waals surface area contributed by atoms with Crippen LogP contribution in [0.15, 0.2) is 77.2 Å². The fraction of sp³-hybridized carbons (Fsp3) is 0.0500. The van der Waals surface area contributed by atoms with Crippen LogP contribution in [0.4, 0.5) is 25.8 Å². The maximum atomic E-state index is 13.7. The molecule has 16 nitrogen and oxygen atoms in total. The number of aromatic hydroxyl groups is 2. The Morgan fingerprint density at radius 3 is 2.40 bits per heavy atom. The molecule has 1 heterocycles. The van der Waals surface area contributed by atoms with Crippen molar-refractivity contribution in [1.29, 1.82) is 0 Å². The molecule has 42 heavy (non-hydrogen) atoms. The summed E-state index contributed by atoms with van der Waals surface area (Å²) in [6, 6.07) is 6.74. The molecule has 0 saturated heterocycles. The van der Waals surface area contributed by atoms with Gasteiger partial charge >= 0.3 is 0 Å². The maximum Gasteiger partial charge on any atom is 0.295 e. The Kier molecular flexibility index (Phi) is 10.0. The lowest BCUT2D eigenvalue weighted by atomic mass is 10.1. The van der Waals surface area contributed by atoms with Crippen LogP contribution >= 0.6 is 35.7 Å². The summed E-state index contributed by atoms with van der Waals surface area (Å²) in [6.07, 6.45) is -3.38. The standard InChI is InChI=1S/C20H14ClF2N5O11S3/c21-16-18(22)25-20(23)26-19(16)24-7-1-2-10(12(29)3-7)27-28-11-6-14(42(33,34)35)9-4-8(40-38-36-31)5-13(41-39-37-32)15(9)17(11)30/h1-6,18,24,29-32H,(H,25,26)(H,33,34,35). The summed E-state index contributed by atoms with van der Waals surface area (Å²) in [7, 11) is -4.98. The Balaban J connectivity index is 1.74. The van der Waals surface area contributed by atoms with Gasteiger partial charge in [0.1, 0.15) is 32.9 Å². The van der Waals surface area contributed by atoms with E-state index >= 15 is 0 Å². The van der Waals surface area contributed by atoms with E-state index in [0.717, 1.165) is 18.2 Å². The number of nitrogens with zero attached hydrogens (tertiary/aromatic N) is 3. The number of aliphatic imine (C=N–C) groups is 1. The third-order valence-electron chi connectivity index (χ3n) is 5.09. The third kappa shape index (κ3) is 7.16. The molecule has 22 heteroatoms. The summed E-state index contributed by atoms with van der Waals surface area (Å²) < 4.78 is 70.2. The van der Waals surface area contributed by atoms with E-state index in [2.05, 4.69) is 44.6 Å². The van der Waals surface area contributed by atoms with E-state index in [1.165, 1.54) is 18.2 Å². The van der Waals surface area contributed by atoms with Crippen molar-refractivity contribution in [1.82, 2.24) is 5.32 Å². The van der Waals surface area contributed by atoms with E-state index in [1.54, 1.807) is 0 Å². The minimum atomic E-state index is -4.98. The second-order valence-corrected chi connectivity index (χ2v) is 11.0. The summed E-state index contributed by atoms with van der Waals surface area (Å²) >= 11 is 6.48. The van der Waals surface area contributed by atoms with Gasteiger partial charge in [0.2, 0.25) is 6.30 Å². The SMILES string of the molecule is O=S(=O)(O)c1cc(N=Nc2ccc(NC3=C(Cl)C(F)N=C(F)N3)cc2O)c(O)c2c(SOOO)cc(SOOO)cc12. The number of amidine groups is 1. The highest BCUT2D eigenvalue weighted by atomic mass is 35.5. The second kappa shape index (κ2) is 13.3. The Bertz CT molecular complexity index is 1730. The van der Waals surface area contributed by atoms with Crippen molar-refractivity contribution in [2.45, 2.75) is 21.0 Å². The van der Waals surface area contributed by atoms with Crippen molar-refractivity contribution in [2.75, 3.05) is 5.32 Å². The molecule has 1 aliphatic rings. The Morgan fingerprint density at radius 2 is 1.74 bits per heavy atom. The number of nitrogens with one attached hydrogen (secondary N) is 2. The fourth-order valence-electron chi connectivity index (χ4n) is 3.44. The van der Waals surface area contributed by atoms with E-state index in [9.17, 15) is 32.0 Å². The van der Waals surface area contributed by atoms with Gasteiger partial charge in [-0.15, -0.1) is 18.9 Å². The van der Waals surface area contributed by atoms with Crippen molar-refractivity contribution < 1.29 is 61.2 Å². The molecule has 7 N–H and O–H groups in total. The van der Waals surface area contributed by atoms with Crippen LogP contribution in [0.25, 0.3) is 10.8 Å². The van der Waals surface area contributed by atoms with Crippen LogP contribution in [0.1, 0.15) is 0 Å². The molecule has 0 saturated carbocycles. The molecule has 0 aromatic heterocycles. The maximum absolute atomic E-state index is 13.7. The van der Waals surface area contributed by atoms with E-state index in [0.29, 0.717) is 24.1 Å². The highest BCUT2D eigenvalue weighted by Gasteiger charge is 2.25. The van der Waals surface area contributed by atoms with E-state index in [4.69, 9.17) is 22.1 Å². The number of benzene rings is 3. The number of anilines is 1. The molecule has 1 aliphatic heterocycles. The van der Waals surface area contributed by atoms with Crippen LogP contribution in [0, 0.1) is 0 Å². The minimum Gasteiger partial charge on any atom is -0.506 e. The predicted octanol–water partition coefficient (Wildman–Crippen LogP) is 5.81. The van der Waals surface area contributed by atoms with Gasteiger partial charge in [0.15, 0.2) is 5.75 Å². The molecule has 3 aromatic rings. The van der Waals surface area contributed by atoms with Crippen molar-refractivity contribution >= 4 is 79.7 Å². The Morgan fingerprint density at radius 1 is 1.05 bits per heavy atom. The first kappa shape index (κ1) is 31.6. The second-order valence-electron chi connectivity index (χ2n) is 7.65. The van der Waals surface area contributed by atoms with Crippen molar-refractivity contribution in [3.8, 4) is 11.5 Å². The summed E-state index contributed by atoms with van der Waals surface area (Å²) in [5.41, 5.74) is -0.611. The van der Waals surface area contributed by atoms with E-state index < -0.39 is 49.6 Å². The van der Waals surface area contributed by atoms with Gasteiger partial charge in [0.05, 0.1) is 29.0 Å². The monoisotopic (exact) mass is 669 g/mol. The highest BCUT2D eigenvalue weighted by molar-refractivity contribution is 7.95. The van der Waals surface area contributed by atoms with Crippen LogP contribution < -0.4 is 10.6 Å². The Labute approximate surface area is 246 Å². The van der Waals surface area contributed by atoms with E-state index in [1.807, 2.05) is 0 Å². The number of hydrogen-bond acceptors (Lipinski definition) is 17. The molecule has 0 fully saturated rings. The zero-order valence-corrected chi connectivity index (χ0v) is 23.1. The average Bonchev–Trinajstić information content (AvgIpc) is 2.92. The molecule has 0 radical (unpaired) electrons. The average molecular weight is 670 g/mol. The Hall–Kier alpha value is -3.35. The molecule has 0 aliphatic carbocycles. The smallest absolute Gasteiger partial charge is 0.295 e. The highest BCUT2D eigenvalue weighted by Crippen LogP contribution is 2.46. The normalized spacial score (nSPS) is 15.8. The van der Waals surface area contributed by atoms with Gasteiger partial charge in [-0.25, -0.2) is 14.9 Å². The lowest BCUT2D eigenvalue weighted by Gasteiger charge is -2.19. The predicted molar refractivity (Wildman–Crippen MR) is 142 cm³/mol. The molecule has 4 rings (SSSR count). The first-order valence-electron chi connectivity index (χ1n) is 10.6. The van der Waals surface area contributed by atoms with Crippen molar-refractivity contribution in [3.05, 3.63) is 47.3 Å². The summed E-state index contributed by atoms with van der Waals surface area (Å²) in [5, 5.41) is 56.6. The number of alkyl halides is 1. The lowest BCUT2D eigenvalue weighted by molar-refractivity contribution is -0.432. The largest absolute Gasteiger partial charge is 0.506 e. The van der Waals surface area contributed by atoms with Crippen LogP contribution in [0.3, 0.4) is 0 Å². The van der Waals surface area contributed by atoms with Gasteiger partial charge in [-0.05, 0) is 30.3 Å². The van der Waals surface area contributed by atoms with Gasteiger partial charge in [0.25, 0.3) is 16.2 Å². The molecule has 3 aromatic carbocycles. The van der Waals surface area contributed by atoms with Crippen LogP contribution in [0.5, 0.6) is 11.5 Å². The number of rotatable bonds is 11. The minimum absolute atomic E-state index is 0.0652. The summed E-state index contributed by atoms with van der Waals surface area (Å²) in [5.74, 6) is -1.48. The first-order valence-corrected chi connectivity index (χ1v) is 13.9. The van der Waals surface area contributed by atoms with Crippen molar-refractivity contribution in [3.63, 3.8) is 0 Å². The molecule has 0 bridgehead atoms. The zero-order chi connectivity index (χ0) is 30.6. The van der Waals surface area contributed by atoms with Crippen LogP contribution in [0.2, 0.25) is 0 Å². The van der Waals surface area contributed by atoms with Crippen LogP contribution in [-0.4, -0.2) is 46.1 Å².